The van der Waals surface area contributed by atoms with Crippen LogP contribution in [0.2, 0.25) is 5.02 Å². The molecule has 2 aromatic carbocycles. The highest BCUT2D eigenvalue weighted by Crippen LogP contribution is 2.24. The van der Waals surface area contributed by atoms with E-state index in [0.717, 1.165) is 24.0 Å². The van der Waals surface area contributed by atoms with Gasteiger partial charge in [-0.15, -0.1) is 0 Å². The third-order valence-corrected chi connectivity index (χ3v) is 4.66. The lowest BCUT2D eigenvalue weighted by atomic mass is 10.1. The fourth-order valence-corrected chi connectivity index (χ4v) is 3.19. The molecule has 0 fully saturated rings. The predicted octanol–water partition coefficient (Wildman–Crippen LogP) is 5.17. The quantitative estimate of drug-likeness (QED) is 0.613. The van der Waals surface area contributed by atoms with Gasteiger partial charge in [-0.25, -0.2) is 0 Å². The van der Waals surface area contributed by atoms with Crippen LogP contribution in [0.5, 0.6) is 0 Å². The van der Waals surface area contributed by atoms with Crippen molar-refractivity contribution in [3.05, 3.63) is 76.9 Å². The predicted molar refractivity (Wildman–Crippen MR) is 110 cm³/mol. The van der Waals surface area contributed by atoms with Crippen LogP contribution >= 0.6 is 11.6 Å². The lowest BCUT2D eigenvalue weighted by Crippen LogP contribution is -2.32. The van der Waals surface area contributed by atoms with Gasteiger partial charge in [0, 0.05) is 22.8 Å². The molecule has 1 N–H and O–H groups in total. The van der Waals surface area contributed by atoms with E-state index < -0.39 is 0 Å². The van der Waals surface area contributed by atoms with Gasteiger partial charge in [0.15, 0.2) is 0 Å². The SMILES string of the molecule is CCCC(C)NC(=O)c1cn(Cc2ccccc2)nc1-c1ccc(Cl)cc1. The standard InChI is InChI=1S/C22H24ClN3O/c1-3-7-16(2)24-22(27)20-15-26(14-17-8-5-4-6-9-17)25-21(20)18-10-12-19(23)13-11-18/h4-6,8-13,15-16H,3,7,14H2,1-2H3,(H,24,27). The van der Waals surface area contributed by atoms with Gasteiger partial charge < -0.3 is 5.32 Å². The summed E-state index contributed by atoms with van der Waals surface area (Å²) in [5.41, 5.74) is 3.26. The molecule has 0 aliphatic rings. The Morgan fingerprint density at radius 1 is 1.15 bits per heavy atom. The molecule has 1 heterocycles. The first kappa shape index (κ1) is 19.2. The van der Waals surface area contributed by atoms with Crippen molar-refractivity contribution in [1.82, 2.24) is 15.1 Å². The largest absolute Gasteiger partial charge is 0.349 e. The van der Waals surface area contributed by atoms with E-state index >= 15 is 0 Å². The number of benzene rings is 2. The summed E-state index contributed by atoms with van der Waals surface area (Å²) in [6.45, 7) is 4.75. The minimum absolute atomic E-state index is 0.0970. The van der Waals surface area contributed by atoms with E-state index in [-0.39, 0.29) is 11.9 Å². The highest BCUT2D eigenvalue weighted by atomic mass is 35.5. The van der Waals surface area contributed by atoms with Crippen LogP contribution in [0.3, 0.4) is 0 Å². The summed E-state index contributed by atoms with van der Waals surface area (Å²) in [6.07, 6.45) is 3.80. The number of rotatable bonds is 7. The van der Waals surface area contributed by atoms with Crippen LogP contribution in [0.4, 0.5) is 0 Å². The Morgan fingerprint density at radius 2 is 1.85 bits per heavy atom. The molecule has 0 aliphatic heterocycles. The van der Waals surface area contributed by atoms with Crippen molar-refractivity contribution in [3.8, 4) is 11.3 Å². The van der Waals surface area contributed by atoms with Gasteiger partial charge in [-0.3, -0.25) is 9.48 Å². The first-order valence-corrected chi connectivity index (χ1v) is 9.62. The lowest BCUT2D eigenvalue weighted by Gasteiger charge is -2.12. The number of aromatic nitrogens is 2. The third-order valence-electron chi connectivity index (χ3n) is 4.41. The highest BCUT2D eigenvalue weighted by molar-refractivity contribution is 6.30. The molecule has 1 amide bonds. The van der Waals surface area contributed by atoms with Crippen molar-refractivity contribution in [2.24, 2.45) is 0 Å². The summed E-state index contributed by atoms with van der Waals surface area (Å²) in [4.78, 5) is 12.9. The molecule has 3 rings (SSSR count). The van der Waals surface area contributed by atoms with Crippen LogP contribution in [-0.4, -0.2) is 21.7 Å². The van der Waals surface area contributed by atoms with Crippen LogP contribution < -0.4 is 5.32 Å². The van der Waals surface area contributed by atoms with Crippen molar-refractivity contribution in [2.45, 2.75) is 39.3 Å². The summed E-state index contributed by atoms with van der Waals surface area (Å²) in [5, 5.41) is 8.43. The fourth-order valence-electron chi connectivity index (χ4n) is 3.07. The van der Waals surface area contributed by atoms with Crippen LogP contribution in [0, 0.1) is 0 Å². The van der Waals surface area contributed by atoms with E-state index in [1.165, 1.54) is 0 Å². The molecule has 0 bridgehead atoms. The fraction of sp³-hybridized carbons (Fsp3) is 0.273. The average molecular weight is 382 g/mol. The molecule has 0 radical (unpaired) electrons. The van der Waals surface area contributed by atoms with Crippen molar-refractivity contribution >= 4 is 17.5 Å². The number of carbonyl (C=O) groups excluding carboxylic acids is 1. The molecule has 3 aromatic rings. The number of hydrogen-bond donors (Lipinski definition) is 1. The zero-order valence-electron chi connectivity index (χ0n) is 15.7. The van der Waals surface area contributed by atoms with E-state index in [1.807, 2.05) is 72.4 Å². The average Bonchev–Trinajstić information content (AvgIpc) is 3.07. The molecular formula is C22H24ClN3O. The van der Waals surface area contributed by atoms with Gasteiger partial charge in [0.05, 0.1) is 12.1 Å². The van der Waals surface area contributed by atoms with E-state index in [0.29, 0.717) is 22.8 Å². The first-order chi connectivity index (χ1) is 13.1. The molecule has 140 valence electrons. The summed E-state index contributed by atoms with van der Waals surface area (Å²) in [5.74, 6) is -0.0970. The number of amides is 1. The molecule has 1 unspecified atom stereocenters. The van der Waals surface area contributed by atoms with Gasteiger partial charge >= 0.3 is 0 Å². The van der Waals surface area contributed by atoms with Crippen molar-refractivity contribution in [2.75, 3.05) is 0 Å². The Hall–Kier alpha value is -2.59. The summed E-state index contributed by atoms with van der Waals surface area (Å²) in [7, 11) is 0. The molecule has 0 saturated carbocycles. The third kappa shape index (κ3) is 4.98. The Morgan fingerprint density at radius 3 is 2.52 bits per heavy atom. The number of hydrogen-bond acceptors (Lipinski definition) is 2. The smallest absolute Gasteiger partial charge is 0.255 e. The number of carbonyl (C=O) groups is 1. The van der Waals surface area contributed by atoms with Crippen molar-refractivity contribution in [3.63, 3.8) is 0 Å². The minimum Gasteiger partial charge on any atom is -0.349 e. The van der Waals surface area contributed by atoms with E-state index in [9.17, 15) is 4.79 Å². The van der Waals surface area contributed by atoms with E-state index in [1.54, 1.807) is 0 Å². The van der Waals surface area contributed by atoms with E-state index in [2.05, 4.69) is 12.2 Å². The monoisotopic (exact) mass is 381 g/mol. The van der Waals surface area contributed by atoms with Gasteiger partial charge in [-0.2, -0.15) is 5.10 Å². The highest BCUT2D eigenvalue weighted by Gasteiger charge is 2.19. The number of halogens is 1. The van der Waals surface area contributed by atoms with Gasteiger partial charge in [-0.1, -0.05) is 67.4 Å². The normalized spacial score (nSPS) is 12.0. The molecular weight excluding hydrogens is 358 g/mol. The zero-order valence-corrected chi connectivity index (χ0v) is 16.4. The summed E-state index contributed by atoms with van der Waals surface area (Å²) >= 11 is 6.01. The van der Waals surface area contributed by atoms with Crippen LogP contribution in [0.1, 0.15) is 42.6 Å². The Balaban J connectivity index is 1.93. The number of nitrogens with one attached hydrogen (secondary N) is 1. The van der Waals surface area contributed by atoms with E-state index in [4.69, 9.17) is 16.7 Å². The Labute approximate surface area is 165 Å². The van der Waals surface area contributed by atoms with Gasteiger partial charge in [0.2, 0.25) is 0 Å². The van der Waals surface area contributed by atoms with Gasteiger partial charge in [0.25, 0.3) is 5.91 Å². The van der Waals surface area contributed by atoms with Gasteiger partial charge in [0.1, 0.15) is 5.69 Å². The molecule has 27 heavy (non-hydrogen) atoms. The van der Waals surface area contributed by atoms with Gasteiger partial charge in [-0.05, 0) is 31.0 Å². The molecule has 0 spiro atoms. The molecule has 4 nitrogen and oxygen atoms in total. The number of nitrogens with zero attached hydrogens (tertiary/aromatic N) is 2. The zero-order chi connectivity index (χ0) is 19.2. The maximum Gasteiger partial charge on any atom is 0.255 e. The maximum absolute atomic E-state index is 12.9. The van der Waals surface area contributed by atoms with Crippen molar-refractivity contribution < 1.29 is 4.79 Å². The summed E-state index contributed by atoms with van der Waals surface area (Å²) in [6, 6.07) is 17.6. The maximum atomic E-state index is 12.9. The topological polar surface area (TPSA) is 46.9 Å². The van der Waals surface area contributed by atoms with Crippen LogP contribution in [0.15, 0.2) is 60.8 Å². The molecule has 5 heteroatoms. The van der Waals surface area contributed by atoms with Crippen molar-refractivity contribution in [1.29, 1.82) is 0 Å². The molecule has 1 aromatic heterocycles. The Kier molecular flexibility index (Phi) is 6.30. The second-order valence-electron chi connectivity index (χ2n) is 6.74. The van der Waals surface area contributed by atoms with Crippen LogP contribution in [-0.2, 0) is 6.54 Å². The minimum atomic E-state index is -0.0970. The molecule has 0 saturated heterocycles. The second kappa shape index (κ2) is 8.87. The van der Waals surface area contributed by atoms with Crippen LogP contribution in [0.25, 0.3) is 11.3 Å². The summed E-state index contributed by atoms with van der Waals surface area (Å²) < 4.78 is 1.82. The second-order valence-corrected chi connectivity index (χ2v) is 7.18. The Bertz CT molecular complexity index is 888. The lowest BCUT2D eigenvalue weighted by molar-refractivity contribution is 0.0939. The first-order valence-electron chi connectivity index (χ1n) is 9.25. The molecule has 1 atom stereocenters. The molecule has 0 aliphatic carbocycles.